The Kier molecular flexibility index (Phi) is 7.93. The number of hydrogen-bond donors (Lipinski definition) is 1. The average molecular weight is 448 g/mol. The fourth-order valence-electron chi connectivity index (χ4n) is 3.67. The number of furan rings is 1. The Hall–Kier alpha value is -3.54. The number of aryl methyl sites for hydroxylation is 3. The highest BCUT2D eigenvalue weighted by atomic mass is 16.3. The maximum Gasteiger partial charge on any atom is 0.322 e. The lowest BCUT2D eigenvalue weighted by Crippen LogP contribution is -2.47. The highest BCUT2D eigenvalue weighted by Gasteiger charge is 2.25. The highest BCUT2D eigenvalue weighted by Crippen LogP contribution is 2.18. The summed E-state index contributed by atoms with van der Waals surface area (Å²) in [6.45, 7) is 10.4. The standard InChI is InChI=1S/C27H33N3O3/c1-19(2)30(27(32)28-25-14-11-20(3)15-21(25)4)18-26(31)29(16-23-9-7-6-8-10-23)17-24-13-12-22(5)33-24/h6-15,19H,16-18H2,1-5H3,(H,28,32). The summed E-state index contributed by atoms with van der Waals surface area (Å²) >= 11 is 0. The normalized spacial score (nSPS) is 10.8. The van der Waals surface area contributed by atoms with Crippen LogP contribution in [0.25, 0.3) is 0 Å². The number of rotatable bonds is 8. The van der Waals surface area contributed by atoms with Gasteiger partial charge in [0.05, 0.1) is 6.54 Å². The molecule has 0 fully saturated rings. The number of amides is 3. The molecule has 0 saturated heterocycles. The summed E-state index contributed by atoms with van der Waals surface area (Å²) in [4.78, 5) is 29.8. The van der Waals surface area contributed by atoms with Crippen molar-refractivity contribution < 1.29 is 14.0 Å². The van der Waals surface area contributed by atoms with Crippen LogP contribution in [-0.4, -0.2) is 34.3 Å². The van der Waals surface area contributed by atoms with Crippen molar-refractivity contribution in [3.63, 3.8) is 0 Å². The lowest BCUT2D eigenvalue weighted by atomic mass is 10.1. The van der Waals surface area contributed by atoms with Gasteiger partial charge in [-0.05, 0) is 63.9 Å². The largest absolute Gasteiger partial charge is 0.464 e. The van der Waals surface area contributed by atoms with Crippen LogP contribution >= 0.6 is 0 Å². The second-order valence-electron chi connectivity index (χ2n) is 8.72. The molecule has 33 heavy (non-hydrogen) atoms. The zero-order valence-electron chi connectivity index (χ0n) is 20.1. The number of urea groups is 1. The third kappa shape index (κ3) is 6.72. The summed E-state index contributed by atoms with van der Waals surface area (Å²) in [5, 5.41) is 2.96. The summed E-state index contributed by atoms with van der Waals surface area (Å²) in [6.07, 6.45) is 0. The van der Waals surface area contributed by atoms with Gasteiger partial charge in [-0.25, -0.2) is 4.79 Å². The van der Waals surface area contributed by atoms with E-state index in [0.717, 1.165) is 28.1 Å². The summed E-state index contributed by atoms with van der Waals surface area (Å²) in [7, 11) is 0. The molecule has 3 amide bonds. The number of anilines is 1. The summed E-state index contributed by atoms with van der Waals surface area (Å²) in [6, 6.07) is 19.0. The van der Waals surface area contributed by atoms with Gasteiger partial charge in [0.1, 0.15) is 18.1 Å². The van der Waals surface area contributed by atoms with Crippen molar-refractivity contribution in [3.05, 3.63) is 88.9 Å². The Balaban J connectivity index is 1.76. The molecule has 0 aliphatic carbocycles. The fourth-order valence-corrected chi connectivity index (χ4v) is 3.67. The van der Waals surface area contributed by atoms with Crippen LogP contribution in [0, 0.1) is 20.8 Å². The van der Waals surface area contributed by atoms with E-state index in [0.29, 0.717) is 18.8 Å². The summed E-state index contributed by atoms with van der Waals surface area (Å²) < 4.78 is 5.72. The molecule has 2 aromatic carbocycles. The van der Waals surface area contributed by atoms with Crippen molar-refractivity contribution >= 4 is 17.6 Å². The molecule has 0 aliphatic rings. The Labute approximate surface area is 196 Å². The van der Waals surface area contributed by atoms with Crippen LogP contribution in [0.1, 0.15) is 42.1 Å². The van der Waals surface area contributed by atoms with E-state index in [9.17, 15) is 9.59 Å². The van der Waals surface area contributed by atoms with E-state index >= 15 is 0 Å². The van der Waals surface area contributed by atoms with E-state index in [1.165, 1.54) is 0 Å². The van der Waals surface area contributed by atoms with Gasteiger partial charge in [0.2, 0.25) is 5.91 Å². The Morgan fingerprint density at radius 3 is 2.27 bits per heavy atom. The maximum atomic E-state index is 13.4. The minimum Gasteiger partial charge on any atom is -0.464 e. The van der Waals surface area contributed by atoms with E-state index in [4.69, 9.17) is 4.42 Å². The van der Waals surface area contributed by atoms with Crippen LogP contribution in [0.2, 0.25) is 0 Å². The van der Waals surface area contributed by atoms with Crippen LogP contribution in [-0.2, 0) is 17.9 Å². The number of hydrogen-bond acceptors (Lipinski definition) is 3. The molecular weight excluding hydrogens is 414 g/mol. The van der Waals surface area contributed by atoms with Crippen molar-refractivity contribution in [3.8, 4) is 0 Å². The van der Waals surface area contributed by atoms with Gasteiger partial charge < -0.3 is 19.5 Å². The molecule has 0 saturated carbocycles. The van der Waals surface area contributed by atoms with E-state index in [1.54, 1.807) is 9.80 Å². The first kappa shape index (κ1) is 24.1. The van der Waals surface area contributed by atoms with Gasteiger partial charge in [-0.15, -0.1) is 0 Å². The molecule has 6 nitrogen and oxygen atoms in total. The van der Waals surface area contributed by atoms with Gasteiger partial charge in [-0.3, -0.25) is 4.79 Å². The van der Waals surface area contributed by atoms with Crippen molar-refractivity contribution in [1.82, 2.24) is 9.80 Å². The predicted octanol–water partition coefficient (Wildman–Crippen LogP) is 5.68. The SMILES string of the molecule is Cc1ccc(NC(=O)N(CC(=O)N(Cc2ccccc2)Cc2ccc(C)o2)C(C)C)c(C)c1. The molecule has 1 heterocycles. The predicted molar refractivity (Wildman–Crippen MR) is 131 cm³/mol. The third-order valence-corrected chi connectivity index (χ3v) is 5.53. The molecule has 0 atom stereocenters. The van der Waals surface area contributed by atoms with E-state index in [2.05, 4.69) is 5.32 Å². The van der Waals surface area contributed by atoms with Gasteiger partial charge in [-0.1, -0.05) is 48.0 Å². The molecule has 0 radical (unpaired) electrons. The smallest absolute Gasteiger partial charge is 0.322 e. The molecule has 3 rings (SSSR count). The minimum absolute atomic E-state index is 0.0269. The van der Waals surface area contributed by atoms with Crippen LogP contribution in [0.4, 0.5) is 10.5 Å². The molecule has 3 aromatic rings. The monoisotopic (exact) mass is 447 g/mol. The molecule has 6 heteroatoms. The van der Waals surface area contributed by atoms with Crippen LogP contribution < -0.4 is 5.32 Å². The van der Waals surface area contributed by atoms with Crippen LogP contribution in [0.5, 0.6) is 0 Å². The molecule has 0 aliphatic heterocycles. The van der Waals surface area contributed by atoms with Crippen LogP contribution in [0.3, 0.4) is 0 Å². The Morgan fingerprint density at radius 2 is 1.67 bits per heavy atom. The first-order valence-corrected chi connectivity index (χ1v) is 11.2. The quantitative estimate of drug-likeness (QED) is 0.483. The lowest BCUT2D eigenvalue weighted by Gasteiger charge is -2.30. The first-order chi connectivity index (χ1) is 15.7. The second-order valence-corrected chi connectivity index (χ2v) is 8.72. The molecule has 0 unspecified atom stereocenters. The summed E-state index contributed by atoms with van der Waals surface area (Å²) in [5.74, 6) is 1.37. The number of carbonyl (C=O) groups excluding carboxylic acids is 2. The Morgan fingerprint density at radius 1 is 0.939 bits per heavy atom. The maximum absolute atomic E-state index is 13.4. The fraction of sp³-hybridized carbons (Fsp3) is 0.333. The topological polar surface area (TPSA) is 65.8 Å². The van der Waals surface area contributed by atoms with Gasteiger partial charge in [0.25, 0.3) is 0 Å². The molecule has 1 N–H and O–H groups in total. The van der Waals surface area contributed by atoms with Crippen molar-refractivity contribution in [2.75, 3.05) is 11.9 Å². The summed E-state index contributed by atoms with van der Waals surface area (Å²) in [5.41, 5.74) is 3.88. The first-order valence-electron chi connectivity index (χ1n) is 11.2. The van der Waals surface area contributed by atoms with Gasteiger partial charge >= 0.3 is 6.03 Å². The number of benzene rings is 2. The van der Waals surface area contributed by atoms with Gasteiger partial charge in [-0.2, -0.15) is 0 Å². The highest BCUT2D eigenvalue weighted by molar-refractivity contribution is 5.93. The zero-order valence-corrected chi connectivity index (χ0v) is 20.1. The average Bonchev–Trinajstić information content (AvgIpc) is 3.18. The van der Waals surface area contributed by atoms with E-state index in [-0.39, 0.29) is 24.5 Å². The second kappa shape index (κ2) is 10.9. The minimum atomic E-state index is -0.293. The van der Waals surface area contributed by atoms with Crippen LogP contribution in [0.15, 0.2) is 65.1 Å². The molecule has 0 bridgehead atoms. The third-order valence-electron chi connectivity index (χ3n) is 5.53. The van der Waals surface area contributed by atoms with E-state index < -0.39 is 0 Å². The number of nitrogens with zero attached hydrogens (tertiary/aromatic N) is 2. The molecule has 1 aromatic heterocycles. The number of nitrogens with one attached hydrogen (secondary N) is 1. The van der Waals surface area contributed by atoms with Crippen molar-refractivity contribution in [2.45, 2.75) is 53.8 Å². The molecule has 0 spiro atoms. The van der Waals surface area contributed by atoms with Gasteiger partial charge in [0.15, 0.2) is 0 Å². The molecule has 174 valence electrons. The Bertz CT molecular complexity index is 1090. The van der Waals surface area contributed by atoms with E-state index in [1.807, 2.05) is 95.3 Å². The zero-order chi connectivity index (χ0) is 24.0. The van der Waals surface area contributed by atoms with Crippen molar-refractivity contribution in [1.29, 1.82) is 0 Å². The molecular formula is C27H33N3O3. The number of carbonyl (C=O) groups is 2. The van der Waals surface area contributed by atoms with Gasteiger partial charge in [0, 0.05) is 18.3 Å². The van der Waals surface area contributed by atoms with Crippen molar-refractivity contribution in [2.24, 2.45) is 0 Å². The lowest BCUT2D eigenvalue weighted by molar-refractivity contribution is -0.133.